The van der Waals surface area contributed by atoms with E-state index in [1.165, 1.54) is 25.5 Å². The van der Waals surface area contributed by atoms with Crippen molar-refractivity contribution in [3.63, 3.8) is 0 Å². The lowest BCUT2D eigenvalue weighted by Crippen LogP contribution is -2.45. The van der Waals surface area contributed by atoms with Crippen LogP contribution in [0.3, 0.4) is 0 Å². The van der Waals surface area contributed by atoms with E-state index in [-0.39, 0.29) is 31.8 Å². The number of carbonyl (C=O) groups excluding carboxylic acids is 2. The molecule has 0 saturated heterocycles. The fourth-order valence-electron chi connectivity index (χ4n) is 4.61. The average Bonchev–Trinajstić information content (AvgIpc) is 3.16. The Balaban J connectivity index is 1.83. The Hall–Kier alpha value is -2.65. The third-order valence-corrected chi connectivity index (χ3v) is 6.07. The molecule has 1 aliphatic heterocycles. The largest absolute Gasteiger partial charge is 0.465 e. The van der Waals surface area contributed by atoms with Crippen molar-refractivity contribution in [3.05, 3.63) is 17.5 Å². The highest BCUT2D eigenvalue weighted by molar-refractivity contribution is 6.15. The van der Waals surface area contributed by atoms with Gasteiger partial charge in [-0.1, -0.05) is 19.3 Å². The van der Waals surface area contributed by atoms with Crippen molar-refractivity contribution in [3.8, 4) is 11.5 Å². The standard InChI is InChI=1S/C22H29N3O6/c1-24-11-23-18-19(24)20(30-12-28-2)15-9-16(26)25(10-14-7-5-4-6-8-14)22(27)17(15)21(18)31-13-29-3/h11,14H,4-10,12-13H2,1-3H3. The van der Waals surface area contributed by atoms with Gasteiger partial charge in [0, 0.05) is 33.4 Å². The van der Waals surface area contributed by atoms with Crippen LogP contribution in [0.1, 0.15) is 48.0 Å². The molecule has 1 aliphatic carbocycles. The van der Waals surface area contributed by atoms with Crippen LogP contribution in [-0.2, 0) is 27.7 Å². The van der Waals surface area contributed by atoms with Crippen LogP contribution in [0.2, 0.25) is 0 Å². The van der Waals surface area contributed by atoms with Gasteiger partial charge in [-0.25, -0.2) is 4.98 Å². The minimum absolute atomic E-state index is 0.0147. The summed E-state index contributed by atoms with van der Waals surface area (Å²) >= 11 is 0. The maximum Gasteiger partial charge on any atom is 0.264 e. The van der Waals surface area contributed by atoms with Gasteiger partial charge in [0.05, 0.1) is 18.3 Å². The molecule has 0 spiro atoms. The van der Waals surface area contributed by atoms with Crippen LogP contribution in [0.5, 0.6) is 11.5 Å². The van der Waals surface area contributed by atoms with Gasteiger partial charge in [0.1, 0.15) is 11.0 Å². The van der Waals surface area contributed by atoms with Gasteiger partial charge in [-0.05, 0) is 18.8 Å². The fraction of sp³-hybridized carbons (Fsp3) is 0.591. The summed E-state index contributed by atoms with van der Waals surface area (Å²) in [5.74, 6) is 0.510. The normalized spacial score (nSPS) is 17.3. The van der Waals surface area contributed by atoms with Gasteiger partial charge in [0.2, 0.25) is 5.91 Å². The Morgan fingerprint density at radius 2 is 1.71 bits per heavy atom. The highest BCUT2D eigenvalue weighted by Gasteiger charge is 2.39. The molecule has 2 heterocycles. The van der Waals surface area contributed by atoms with Crippen LogP contribution in [0.25, 0.3) is 11.0 Å². The van der Waals surface area contributed by atoms with Crippen LogP contribution in [-0.4, -0.2) is 60.6 Å². The van der Waals surface area contributed by atoms with Gasteiger partial charge < -0.3 is 23.5 Å². The van der Waals surface area contributed by atoms with Crippen molar-refractivity contribution in [2.24, 2.45) is 13.0 Å². The second-order valence-electron chi connectivity index (χ2n) is 8.16. The highest BCUT2D eigenvalue weighted by atomic mass is 16.7. The van der Waals surface area contributed by atoms with E-state index in [1.54, 1.807) is 10.9 Å². The summed E-state index contributed by atoms with van der Waals surface area (Å²) in [6.45, 7) is 0.384. The summed E-state index contributed by atoms with van der Waals surface area (Å²) in [5.41, 5.74) is 1.96. The molecule has 1 saturated carbocycles. The first-order chi connectivity index (χ1) is 15.1. The summed E-state index contributed by atoms with van der Waals surface area (Å²) in [4.78, 5) is 32.5. The zero-order valence-electron chi connectivity index (χ0n) is 18.3. The van der Waals surface area contributed by atoms with E-state index in [9.17, 15) is 9.59 Å². The number of rotatable bonds is 8. The molecule has 0 bridgehead atoms. The minimum Gasteiger partial charge on any atom is -0.465 e. The van der Waals surface area contributed by atoms with Crippen molar-refractivity contribution in [2.75, 3.05) is 34.4 Å². The van der Waals surface area contributed by atoms with E-state index in [1.807, 2.05) is 7.05 Å². The molecular weight excluding hydrogens is 402 g/mol. The molecule has 4 rings (SSSR count). The number of imide groups is 1. The van der Waals surface area contributed by atoms with Crippen molar-refractivity contribution < 1.29 is 28.5 Å². The van der Waals surface area contributed by atoms with Crippen LogP contribution in [0, 0.1) is 5.92 Å². The Morgan fingerprint density at radius 3 is 2.39 bits per heavy atom. The van der Waals surface area contributed by atoms with E-state index in [2.05, 4.69) is 4.98 Å². The van der Waals surface area contributed by atoms with Gasteiger partial charge in [-0.3, -0.25) is 14.5 Å². The number of ether oxygens (including phenoxy) is 4. The summed E-state index contributed by atoms with van der Waals surface area (Å²) in [7, 11) is 4.85. The second kappa shape index (κ2) is 9.23. The number of nitrogens with zero attached hydrogens (tertiary/aromatic N) is 3. The Bertz CT molecular complexity index is 980. The SMILES string of the molecule is COCOc1c2c(c(OCOC)c3c1ncn3C)CC(=O)N(CC1CCCCC1)C2=O. The molecule has 2 aliphatic rings. The van der Waals surface area contributed by atoms with Crippen LogP contribution in [0.4, 0.5) is 0 Å². The molecule has 2 aromatic rings. The van der Waals surface area contributed by atoms with Crippen molar-refractivity contribution in [2.45, 2.75) is 38.5 Å². The minimum atomic E-state index is -0.363. The van der Waals surface area contributed by atoms with Crippen LogP contribution in [0.15, 0.2) is 6.33 Å². The Labute approximate surface area is 181 Å². The average molecular weight is 431 g/mol. The fourth-order valence-corrected chi connectivity index (χ4v) is 4.61. The number of methoxy groups -OCH3 is 2. The van der Waals surface area contributed by atoms with Gasteiger partial charge in [0.25, 0.3) is 5.91 Å². The number of benzene rings is 1. The predicted octanol–water partition coefficient (Wildman–Crippen LogP) is 2.64. The number of imidazole rings is 1. The maximum absolute atomic E-state index is 13.6. The number of hydrogen-bond donors (Lipinski definition) is 0. The zero-order valence-corrected chi connectivity index (χ0v) is 18.3. The summed E-state index contributed by atoms with van der Waals surface area (Å²) in [6, 6.07) is 0. The van der Waals surface area contributed by atoms with Crippen molar-refractivity contribution in [1.82, 2.24) is 14.5 Å². The van der Waals surface area contributed by atoms with Crippen LogP contribution < -0.4 is 9.47 Å². The molecule has 0 radical (unpaired) electrons. The first-order valence-electron chi connectivity index (χ1n) is 10.6. The smallest absolute Gasteiger partial charge is 0.264 e. The molecular formula is C22H29N3O6. The Kier molecular flexibility index (Phi) is 6.43. The van der Waals surface area contributed by atoms with E-state index >= 15 is 0 Å². The summed E-state index contributed by atoms with van der Waals surface area (Å²) in [5, 5.41) is 0. The number of hydrogen-bond acceptors (Lipinski definition) is 7. The number of carbonyl (C=O) groups is 2. The molecule has 1 fully saturated rings. The van der Waals surface area contributed by atoms with E-state index in [0.29, 0.717) is 46.1 Å². The first-order valence-corrected chi connectivity index (χ1v) is 10.6. The topological polar surface area (TPSA) is 92.1 Å². The summed E-state index contributed by atoms with van der Waals surface area (Å²) < 4.78 is 23.7. The number of aromatic nitrogens is 2. The molecule has 2 amide bonds. The number of aryl methyl sites for hydroxylation is 1. The molecule has 0 unspecified atom stereocenters. The molecule has 9 nitrogen and oxygen atoms in total. The van der Waals surface area contributed by atoms with E-state index in [4.69, 9.17) is 18.9 Å². The lowest BCUT2D eigenvalue weighted by Gasteiger charge is -2.33. The Morgan fingerprint density at radius 1 is 1.03 bits per heavy atom. The molecule has 168 valence electrons. The first kappa shape index (κ1) is 21.6. The molecule has 1 aromatic carbocycles. The monoisotopic (exact) mass is 431 g/mol. The van der Waals surface area contributed by atoms with Gasteiger partial charge in [-0.15, -0.1) is 0 Å². The molecule has 31 heavy (non-hydrogen) atoms. The second-order valence-corrected chi connectivity index (χ2v) is 8.16. The quantitative estimate of drug-likeness (QED) is 0.469. The summed E-state index contributed by atoms with van der Waals surface area (Å²) in [6.07, 6.45) is 7.26. The van der Waals surface area contributed by atoms with Gasteiger partial charge >= 0.3 is 0 Å². The maximum atomic E-state index is 13.6. The third-order valence-electron chi connectivity index (χ3n) is 6.07. The van der Waals surface area contributed by atoms with Crippen LogP contribution >= 0.6 is 0 Å². The zero-order chi connectivity index (χ0) is 22.0. The lowest BCUT2D eigenvalue weighted by molar-refractivity contribution is -0.129. The highest BCUT2D eigenvalue weighted by Crippen LogP contribution is 2.43. The molecule has 1 aromatic heterocycles. The lowest BCUT2D eigenvalue weighted by atomic mass is 9.87. The van der Waals surface area contributed by atoms with E-state index in [0.717, 1.165) is 25.7 Å². The van der Waals surface area contributed by atoms with Crippen molar-refractivity contribution >= 4 is 22.8 Å². The van der Waals surface area contributed by atoms with E-state index < -0.39 is 0 Å². The molecule has 0 atom stereocenters. The van der Waals surface area contributed by atoms with Gasteiger partial charge in [0.15, 0.2) is 25.1 Å². The predicted molar refractivity (Wildman–Crippen MR) is 112 cm³/mol. The molecule has 0 N–H and O–H groups in total. The van der Waals surface area contributed by atoms with Gasteiger partial charge in [-0.2, -0.15) is 0 Å². The third kappa shape index (κ3) is 3.99. The van der Waals surface area contributed by atoms with Crippen molar-refractivity contribution in [1.29, 1.82) is 0 Å². The number of fused-ring (bicyclic) bond motifs is 2. The number of amides is 2. The molecule has 9 heteroatoms.